The average Bonchev–Trinajstić information content (AvgIpc) is 2.17. The molecule has 0 atom stereocenters. The lowest BCUT2D eigenvalue weighted by Crippen LogP contribution is -2.14. The highest BCUT2D eigenvalue weighted by molar-refractivity contribution is 6.30. The van der Waals surface area contributed by atoms with E-state index in [1.165, 1.54) is 6.20 Å². The van der Waals surface area contributed by atoms with Crippen LogP contribution < -0.4 is 4.74 Å². The standard InChI is InChI=1S/C9H10ClNO3/c1-2-13-9(12)6-14-8-4-3-7(10)5-11-8/h3-5H,2,6H2,1H3. The van der Waals surface area contributed by atoms with Crippen LogP contribution in [0.2, 0.25) is 5.02 Å². The summed E-state index contributed by atoms with van der Waals surface area (Å²) in [6.45, 7) is 1.94. The van der Waals surface area contributed by atoms with E-state index >= 15 is 0 Å². The van der Waals surface area contributed by atoms with Crippen LogP contribution in [0.4, 0.5) is 0 Å². The summed E-state index contributed by atoms with van der Waals surface area (Å²) in [5.41, 5.74) is 0. The lowest BCUT2D eigenvalue weighted by Gasteiger charge is -2.03. The maximum Gasteiger partial charge on any atom is 0.344 e. The SMILES string of the molecule is CCOC(=O)COc1ccc(Cl)cn1. The molecule has 1 heterocycles. The van der Waals surface area contributed by atoms with Crippen LogP contribution in [0.1, 0.15) is 6.92 Å². The molecule has 0 saturated heterocycles. The molecule has 0 fully saturated rings. The molecule has 0 bridgehead atoms. The highest BCUT2D eigenvalue weighted by atomic mass is 35.5. The topological polar surface area (TPSA) is 48.4 Å². The average molecular weight is 216 g/mol. The monoisotopic (exact) mass is 215 g/mol. The summed E-state index contributed by atoms with van der Waals surface area (Å²) in [4.78, 5) is 14.7. The van der Waals surface area contributed by atoms with Gasteiger partial charge in [0, 0.05) is 12.3 Å². The van der Waals surface area contributed by atoms with Gasteiger partial charge in [-0.25, -0.2) is 9.78 Å². The van der Waals surface area contributed by atoms with Gasteiger partial charge in [0.15, 0.2) is 6.61 Å². The van der Waals surface area contributed by atoms with Crippen LogP contribution in [0.5, 0.6) is 5.88 Å². The molecule has 76 valence electrons. The Morgan fingerprint density at radius 1 is 1.57 bits per heavy atom. The molecule has 14 heavy (non-hydrogen) atoms. The number of esters is 1. The molecule has 1 aromatic heterocycles. The maximum atomic E-state index is 10.9. The number of rotatable bonds is 4. The lowest BCUT2D eigenvalue weighted by atomic mass is 10.5. The first-order valence-corrected chi connectivity index (χ1v) is 4.50. The smallest absolute Gasteiger partial charge is 0.344 e. The van der Waals surface area contributed by atoms with Gasteiger partial charge >= 0.3 is 5.97 Å². The van der Waals surface area contributed by atoms with Crippen molar-refractivity contribution in [1.82, 2.24) is 4.98 Å². The number of nitrogens with zero attached hydrogens (tertiary/aromatic N) is 1. The molecule has 1 aromatic rings. The molecule has 0 spiro atoms. The van der Waals surface area contributed by atoms with Crippen molar-refractivity contribution >= 4 is 17.6 Å². The van der Waals surface area contributed by atoms with Crippen LogP contribution in [-0.4, -0.2) is 24.2 Å². The Kier molecular flexibility index (Phi) is 4.19. The van der Waals surface area contributed by atoms with E-state index < -0.39 is 5.97 Å². The first-order chi connectivity index (χ1) is 6.72. The third-order valence-electron chi connectivity index (χ3n) is 1.34. The molecular formula is C9H10ClNO3. The summed E-state index contributed by atoms with van der Waals surface area (Å²) in [6.07, 6.45) is 1.45. The van der Waals surface area contributed by atoms with Crippen molar-refractivity contribution < 1.29 is 14.3 Å². The van der Waals surface area contributed by atoms with Crippen LogP contribution >= 0.6 is 11.6 Å². The summed E-state index contributed by atoms with van der Waals surface area (Å²) < 4.78 is 9.70. The summed E-state index contributed by atoms with van der Waals surface area (Å²) in [5.74, 6) is -0.0632. The number of hydrogen-bond acceptors (Lipinski definition) is 4. The zero-order chi connectivity index (χ0) is 10.4. The fourth-order valence-corrected chi connectivity index (χ4v) is 0.895. The summed E-state index contributed by atoms with van der Waals surface area (Å²) in [7, 11) is 0. The van der Waals surface area contributed by atoms with E-state index in [2.05, 4.69) is 9.72 Å². The van der Waals surface area contributed by atoms with Crippen LogP contribution in [0, 0.1) is 0 Å². The van der Waals surface area contributed by atoms with Crippen molar-refractivity contribution in [2.24, 2.45) is 0 Å². The largest absolute Gasteiger partial charge is 0.466 e. The van der Waals surface area contributed by atoms with E-state index in [0.717, 1.165) is 0 Å². The van der Waals surface area contributed by atoms with Crippen molar-refractivity contribution in [2.45, 2.75) is 6.92 Å². The minimum Gasteiger partial charge on any atom is -0.466 e. The highest BCUT2D eigenvalue weighted by Crippen LogP contribution is 2.11. The van der Waals surface area contributed by atoms with E-state index in [-0.39, 0.29) is 6.61 Å². The van der Waals surface area contributed by atoms with E-state index in [1.54, 1.807) is 19.1 Å². The number of carbonyl (C=O) groups excluding carboxylic acids is 1. The molecule has 0 aliphatic heterocycles. The zero-order valence-corrected chi connectivity index (χ0v) is 8.45. The Hall–Kier alpha value is -1.29. The number of hydrogen-bond donors (Lipinski definition) is 0. The van der Waals surface area contributed by atoms with Crippen LogP contribution in [-0.2, 0) is 9.53 Å². The molecular weight excluding hydrogens is 206 g/mol. The molecule has 0 unspecified atom stereocenters. The van der Waals surface area contributed by atoms with E-state index in [0.29, 0.717) is 17.5 Å². The normalized spacial score (nSPS) is 9.57. The predicted molar refractivity (Wildman–Crippen MR) is 51.4 cm³/mol. The second kappa shape index (κ2) is 5.44. The molecule has 0 saturated carbocycles. The Bertz CT molecular complexity index is 299. The van der Waals surface area contributed by atoms with Crippen LogP contribution in [0.15, 0.2) is 18.3 Å². The van der Waals surface area contributed by atoms with Crippen molar-refractivity contribution in [3.05, 3.63) is 23.4 Å². The molecule has 0 aromatic carbocycles. The number of ether oxygens (including phenoxy) is 2. The molecule has 0 aliphatic carbocycles. The third-order valence-corrected chi connectivity index (χ3v) is 1.57. The van der Waals surface area contributed by atoms with Crippen LogP contribution in [0.3, 0.4) is 0 Å². The van der Waals surface area contributed by atoms with Crippen LogP contribution in [0.25, 0.3) is 0 Å². The third kappa shape index (κ3) is 3.62. The maximum absolute atomic E-state index is 10.9. The van der Waals surface area contributed by atoms with Gasteiger partial charge in [-0.1, -0.05) is 11.6 Å². The van der Waals surface area contributed by atoms with E-state index in [1.807, 2.05) is 0 Å². The van der Waals surface area contributed by atoms with Gasteiger partial charge in [0.05, 0.1) is 11.6 Å². The van der Waals surface area contributed by atoms with Gasteiger partial charge in [-0.3, -0.25) is 0 Å². The number of halogens is 1. The first-order valence-electron chi connectivity index (χ1n) is 4.12. The van der Waals surface area contributed by atoms with E-state index in [9.17, 15) is 4.79 Å². The van der Waals surface area contributed by atoms with Gasteiger partial charge in [-0.15, -0.1) is 0 Å². The number of pyridine rings is 1. The molecule has 4 nitrogen and oxygen atoms in total. The van der Waals surface area contributed by atoms with Gasteiger partial charge in [0.2, 0.25) is 5.88 Å². The van der Waals surface area contributed by atoms with E-state index in [4.69, 9.17) is 16.3 Å². The van der Waals surface area contributed by atoms with Gasteiger partial charge in [-0.05, 0) is 13.0 Å². The first kappa shape index (κ1) is 10.8. The summed E-state index contributed by atoms with van der Waals surface area (Å²) in [6, 6.07) is 3.22. The fourth-order valence-electron chi connectivity index (χ4n) is 0.783. The Morgan fingerprint density at radius 3 is 2.93 bits per heavy atom. The van der Waals surface area contributed by atoms with Crippen molar-refractivity contribution in [3.63, 3.8) is 0 Å². The Labute approximate surface area is 86.8 Å². The number of aromatic nitrogens is 1. The predicted octanol–water partition coefficient (Wildman–Crippen LogP) is 1.68. The van der Waals surface area contributed by atoms with Crippen molar-refractivity contribution in [1.29, 1.82) is 0 Å². The number of carbonyl (C=O) groups is 1. The van der Waals surface area contributed by atoms with Gasteiger partial charge in [-0.2, -0.15) is 0 Å². The molecule has 0 N–H and O–H groups in total. The zero-order valence-electron chi connectivity index (χ0n) is 7.70. The Balaban J connectivity index is 2.38. The molecule has 0 amide bonds. The minimum absolute atomic E-state index is 0.136. The van der Waals surface area contributed by atoms with Gasteiger partial charge in [0.25, 0.3) is 0 Å². The minimum atomic E-state index is -0.413. The molecule has 1 rings (SSSR count). The Morgan fingerprint density at radius 2 is 2.36 bits per heavy atom. The molecule has 5 heteroatoms. The molecule has 0 aliphatic rings. The quantitative estimate of drug-likeness (QED) is 0.717. The van der Waals surface area contributed by atoms with Crippen molar-refractivity contribution in [2.75, 3.05) is 13.2 Å². The van der Waals surface area contributed by atoms with Gasteiger partial charge in [0.1, 0.15) is 0 Å². The lowest BCUT2D eigenvalue weighted by molar-refractivity contribution is -0.145. The van der Waals surface area contributed by atoms with Gasteiger partial charge < -0.3 is 9.47 Å². The van der Waals surface area contributed by atoms with Crippen molar-refractivity contribution in [3.8, 4) is 5.88 Å². The summed E-state index contributed by atoms with van der Waals surface area (Å²) >= 11 is 5.61. The molecule has 0 radical (unpaired) electrons. The second-order valence-corrected chi connectivity index (χ2v) is 2.84. The fraction of sp³-hybridized carbons (Fsp3) is 0.333. The second-order valence-electron chi connectivity index (χ2n) is 2.41. The summed E-state index contributed by atoms with van der Waals surface area (Å²) in [5, 5.41) is 0.522. The highest BCUT2D eigenvalue weighted by Gasteiger charge is 2.03.